The fourth-order valence-electron chi connectivity index (χ4n) is 1.91. The van der Waals surface area contributed by atoms with Gasteiger partial charge in [0.1, 0.15) is 5.75 Å². The van der Waals surface area contributed by atoms with Crippen LogP contribution in [-0.2, 0) is 10.0 Å². The number of sulfonamides is 1. The first kappa shape index (κ1) is 17.8. The Kier molecular flexibility index (Phi) is 6.98. The molecule has 6 heteroatoms. The average Bonchev–Trinajstić information content (AvgIpc) is 2.46. The molecule has 0 atom stereocenters. The van der Waals surface area contributed by atoms with E-state index in [4.69, 9.17) is 10.5 Å². The SMILES string of the molecule is COc1ccc(N(CCCN)S(=O)(=O)CCC(C)C)cc1. The van der Waals surface area contributed by atoms with E-state index in [2.05, 4.69) is 0 Å². The Labute approximate surface area is 128 Å². The third-order valence-corrected chi connectivity index (χ3v) is 5.03. The van der Waals surface area contributed by atoms with Crippen molar-refractivity contribution in [1.29, 1.82) is 0 Å². The number of nitrogens with two attached hydrogens (primary N) is 1. The molecule has 1 rings (SSSR count). The second-order valence-electron chi connectivity index (χ2n) is 5.41. The highest BCUT2D eigenvalue weighted by atomic mass is 32.2. The first-order valence-electron chi connectivity index (χ1n) is 7.25. The van der Waals surface area contributed by atoms with Gasteiger partial charge in [0, 0.05) is 6.54 Å². The van der Waals surface area contributed by atoms with Gasteiger partial charge in [-0.3, -0.25) is 4.31 Å². The van der Waals surface area contributed by atoms with Crippen LogP contribution in [0.25, 0.3) is 0 Å². The molecule has 0 spiro atoms. The molecule has 2 N–H and O–H groups in total. The molecule has 0 bridgehead atoms. The third kappa shape index (κ3) is 5.55. The summed E-state index contributed by atoms with van der Waals surface area (Å²) in [5.74, 6) is 1.21. The largest absolute Gasteiger partial charge is 0.497 e. The molecule has 1 aromatic carbocycles. The monoisotopic (exact) mass is 314 g/mol. The summed E-state index contributed by atoms with van der Waals surface area (Å²) in [5.41, 5.74) is 6.18. The highest BCUT2D eigenvalue weighted by Gasteiger charge is 2.22. The fourth-order valence-corrected chi connectivity index (χ4v) is 3.75. The lowest BCUT2D eigenvalue weighted by Crippen LogP contribution is -2.35. The van der Waals surface area contributed by atoms with Crippen LogP contribution in [0.3, 0.4) is 0 Å². The normalized spacial score (nSPS) is 11.7. The van der Waals surface area contributed by atoms with E-state index in [1.165, 1.54) is 4.31 Å². The van der Waals surface area contributed by atoms with Crippen LogP contribution in [0, 0.1) is 5.92 Å². The second-order valence-corrected chi connectivity index (χ2v) is 7.42. The molecule has 0 unspecified atom stereocenters. The zero-order valence-corrected chi connectivity index (χ0v) is 13.9. The first-order valence-corrected chi connectivity index (χ1v) is 8.86. The highest BCUT2D eigenvalue weighted by Crippen LogP contribution is 2.23. The van der Waals surface area contributed by atoms with Gasteiger partial charge in [0.25, 0.3) is 0 Å². The molecule has 5 nitrogen and oxygen atoms in total. The van der Waals surface area contributed by atoms with Crippen LogP contribution < -0.4 is 14.8 Å². The number of hydrogen-bond acceptors (Lipinski definition) is 4. The van der Waals surface area contributed by atoms with Crippen molar-refractivity contribution in [2.24, 2.45) is 11.7 Å². The topological polar surface area (TPSA) is 72.6 Å². The van der Waals surface area contributed by atoms with Gasteiger partial charge in [0.05, 0.1) is 18.6 Å². The van der Waals surface area contributed by atoms with E-state index in [1.54, 1.807) is 31.4 Å². The van der Waals surface area contributed by atoms with Crippen molar-refractivity contribution in [1.82, 2.24) is 0 Å². The van der Waals surface area contributed by atoms with Crippen LogP contribution in [0.1, 0.15) is 26.7 Å². The van der Waals surface area contributed by atoms with Crippen LogP contribution in [0.5, 0.6) is 5.75 Å². The lowest BCUT2D eigenvalue weighted by molar-refractivity contribution is 0.415. The summed E-state index contributed by atoms with van der Waals surface area (Å²) >= 11 is 0. The van der Waals surface area contributed by atoms with E-state index in [0.717, 1.165) is 0 Å². The molecule has 0 amide bonds. The molecule has 0 aliphatic heterocycles. The maximum Gasteiger partial charge on any atom is 0.235 e. The van der Waals surface area contributed by atoms with Crippen LogP contribution in [0.4, 0.5) is 5.69 Å². The predicted octanol–water partition coefficient (Wildman–Crippen LogP) is 2.23. The summed E-state index contributed by atoms with van der Waals surface area (Å²) < 4.78 is 31.7. The molecule has 0 saturated carbocycles. The van der Waals surface area contributed by atoms with Crippen molar-refractivity contribution < 1.29 is 13.2 Å². The van der Waals surface area contributed by atoms with E-state index in [0.29, 0.717) is 43.3 Å². The lowest BCUT2D eigenvalue weighted by Gasteiger charge is -2.25. The summed E-state index contributed by atoms with van der Waals surface area (Å²) in [4.78, 5) is 0. The van der Waals surface area contributed by atoms with Crippen molar-refractivity contribution in [3.63, 3.8) is 0 Å². The van der Waals surface area contributed by atoms with Crippen LogP contribution >= 0.6 is 0 Å². The number of nitrogens with zero attached hydrogens (tertiary/aromatic N) is 1. The van der Waals surface area contributed by atoms with Gasteiger partial charge in [-0.05, 0) is 49.6 Å². The molecule has 21 heavy (non-hydrogen) atoms. The smallest absolute Gasteiger partial charge is 0.235 e. The molecule has 0 fully saturated rings. The molecule has 0 radical (unpaired) electrons. The molecule has 0 aliphatic rings. The van der Waals surface area contributed by atoms with Crippen LogP contribution in [0.2, 0.25) is 0 Å². The van der Waals surface area contributed by atoms with Gasteiger partial charge in [-0.15, -0.1) is 0 Å². The van der Waals surface area contributed by atoms with Crippen molar-refractivity contribution in [3.05, 3.63) is 24.3 Å². The maximum atomic E-state index is 12.5. The predicted molar refractivity (Wildman–Crippen MR) is 87.3 cm³/mol. The Morgan fingerprint density at radius 3 is 2.33 bits per heavy atom. The van der Waals surface area contributed by atoms with E-state index in [1.807, 2.05) is 13.8 Å². The molecular formula is C15H26N2O3S. The highest BCUT2D eigenvalue weighted by molar-refractivity contribution is 7.92. The van der Waals surface area contributed by atoms with Gasteiger partial charge in [-0.25, -0.2) is 8.42 Å². The Hall–Kier alpha value is -1.27. The van der Waals surface area contributed by atoms with E-state index < -0.39 is 10.0 Å². The second kappa shape index (κ2) is 8.24. The van der Waals surface area contributed by atoms with E-state index in [9.17, 15) is 8.42 Å². The van der Waals surface area contributed by atoms with Gasteiger partial charge in [0.15, 0.2) is 0 Å². The Balaban J connectivity index is 2.97. The standard InChI is InChI=1S/C15H26N2O3S/c1-13(2)9-12-21(18,19)17(11-4-10-16)14-5-7-15(20-3)8-6-14/h5-8,13H,4,9-12,16H2,1-3H3. The summed E-state index contributed by atoms with van der Waals surface area (Å²) in [6.07, 6.45) is 1.28. The fraction of sp³-hybridized carbons (Fsp3) is 0.600. The molecule has 0 aromatic heterocycles. The Morgan fingerprint density at radius 1 is 1.24 bits per heavy atom. The Morgan fingerprint density at radius 2 is 1.86 bits per heavy atom. The van der Waals surface area contributed by atoms with Gasteiger partial charge in [0.2, 0.25) is 10.0 Å². The zero-order valence-electron chi connectivity index (χ0n) is 13.1. The maximum absolute atomic E-state index is 12.5. The van der Waals surface area contributed by atoms with Crippen molar-refractivity contribution in [2.75, 3.05) is 30.3 Å². The van der Waals surface area contributed by atoms with Crippen LogP contribution in [0.15, 0.2) is 24.3 Å². The van der Waals surface area contributed by atoms with Crippen molar-refractivity contribution in [3.8, 4) is 5.75 Å². The minimum absolute atomic E-state index is 0.154. The van der Waals surface area contributed by atoms with E-state index >= 15 is 0 Å². The van der Waals surface area contributed by atoms with Gasteiger partial charge < -0.3 is 10.5 Å². The molecule has 0 heterocycles. The molecular weight excluding hydrogens is 288 g/mol. The summed E-state index contributed by atoms with van der Waals surface area (Å²) in [6.45, 7) is 4.91. The average molecular weight is 314 g/mol. The molecule has 0 saturated heterocycles. The number of hydrogen-bond donors (Lipinski definition) is 1. The number of ether oxygens (including phenoxy) is 1. The summed E-state index contributed by atoms with van der Waals surface area (Å²) in [5, 5.41) is 0. The van der Waals surface area contributed by atoms with Gasteiger partial charge in [-0.2, -0.15) is 0 Å². The lowest BCUT2D eigenvalue weighted by atomic mass is 10.2. The van der Waals surface area contributed by atoms with Crippen molar-refractivity contribution >= 4 is 15.7 Å². The quantitative estimate of drug-likeness (QED) is 0.758. The minimum atomic E-state index is -3.33. The number of methoxy groups -OCH3 is 1. The summed E-state index contributed by atoms with van der Waals surface area (Å²) in [7, 11) is -1.74. The first-order chi connectivity index (χ1) is 9.90. The van der Waals surface area contributed by atoms with Gasteiger partial charge >= 0.3 is 0 Å². The number of benzene rings is 1. The Bertz CT molecular complexity index is 512. The minimum Gasteiger partial charge on any atom is -0.497 e. The zero-order chi connectivity index (χ0) is 15.9. The molecule has 1 aromatic rings. The molecule has 0 aliphatic carbocycles. The number of anilines is 1. The number of rotatable bonds is 9. The molecule has 120 valence electrons. The van der Waals surface area contributed by atoms with Crippen LogP contribution in [-0.4, -0.2) is 34.4 Å². The third-order valence-electron chi connectivity index (χ3n) is 3.21. The summed E-state index contributed by atoms with van der Waals surface area (Å²) in [6, 6.07) is 7.07. The van der Waals surface area contributed by atoms with E-state index in [-0.39, 0.29) is 5.75 Å². The van der Waals surface area contributed by atoms with Gasteiger partial charge in [-0.1, -0.05) is 13.8 Å². The van der Waals surface area contributed by atoms with Crippen molar-refractivity contribution in [2.45, 2.75) is 26.7 Å².